The van der Waals surface area contributed by atoms with Crippen LogP contribution in [0.25, 0.3) is 11.1 Å². The summed E-state index contributed by atoms with van der Waals surface area (Å²) in [5.41, 5.74) is 14.6. The van der Waals surface area contributed by atoms with Gasteiger partial charge in [-0.25, -0.2) is 21.8 Å². The summed E-state index contributed by atoms with van der Waals surface area (Å²) in [5, 5.41) is 0. The van der Waals surface area contributed by atoms with E-state index in [0.717, 1.165) is 67.1 Å². The number of hydrogen-bond acceptors (Lipinski definition) is 9. The molecule has 0 aliphatic heterocycles. The van der Waals surface area contributed by atoms with Crippen LogP contribution in [-0.2, 0) is 51.8 Å². The number of ether oxygens (including phenoxy) is 4. The molecule has 0 bridgehead atoms. The van der Waals surface area contributed by atoms with Crippen molar-refractivity contribution in [3.63, 3.8) is 0 Å². The second-order valence-corrected chi connectivity index (χ2v) is 21.5. The Hall–Kier alpha value is -5.87. The molecule has 1 aliphatic rings. The average Bonchev–Trinajstić information content (AvgIpc) is 3.36. The summed E-state index contributed by atoms with van der Waals surface area (Å²) in [6.45, 7) is 8.17. The average molecular weight is 996 g/mol. The van der Waals surface area contributed by atoms with E-state index in [1.165, 1.54) is 14.2 Å². The van der Waals surface area contributed by atoms with Crippen LogP contribution in [-0.4, -0.2) is 112 Å². The molecule has 7 rings (SSSR count). The summed E-state index contributed by atoms with van der Waals surface area (Å²) in [5.74, 6) is 0. The van der Waals surface area contributed by atoms with Crippen molar-refractivity contribution in [2.45, 2.75) is 43.4 Å². The Balaban J connectivity index is 1.29. The van der Waals surface area contributed by atoms with Crippen LogP contribution in [0.1, 0.15) is 61.2 Å². The Labute approximate surface area is 421 Å². The van der Waals surface area contributed by atoms with Crippen molar-refractivity contribution in [2.24, 2.45) is 4.99 Å². The van der Waals surface area contributed by atoms with Gasteiger partial charge in [0.15, 0.2) is 0 Å². The van der Waals surface area contributed by atoms with Crippen molar-refractivity contribution in [1.82, 2.24) is 8.61 Å². The van der Waals surface area contributed by atoms with Gasteiger partial charge in [0.1, 0.15) is 0 Å². The number of sulfonamides is 2. The molecule has 0 atom stereocenters. The van der Waals surface area contributed by atoms with Crippen molar-refractivity contribution in [3.8, 4) is 0 Å². The highest BCUT2D eigenvalue weighted by Gasteiger charge is 2.29. The van der Waals surface area contributed by atoms with E-state index < -0.39 is 20.0 Å². The Morgan fingerprint density at radius 3 is 1.31 bits per heavy atom. The highest BCUT2D eigenvalue weighted by Crippen LogP contribution is 2.39. The smallest absolute Gasteiger partial charge is 0.243 e. The maximum absolute atomic E-state index is 14.1. The molecule has 6 aromatic carbocycles. The zero-order chi connectivity index (χ0) is 50.5. The monoisotopic (exact) mass is 995 g/mol. The number of hydrogen-bond donors (Lipinski definition) is 0. The van der Waals surface area contributed by atoms with Gasteiger partial charge >= 0.3 is 0 Å². The van der Waals surface area contributed by atoms with Crippen molar-refractivity contribution in [2.75, 3.05) is 81.0 Å². The predicted octanol–water partition coefficient (Wildman–Crippen LogP) is 10.0. The third-order valence-electron chi connectivity index (χ3n) is 12.7. The number of fused-ring (bicyclic) bond motifs is 1. The topological polar surface area (TPSA) is 124 Å². The minimum Gasteiger partial charge on any atom is -0.383 e. The number of benzene rings is 6. The zero-order valence-corrected chi connectivity index (χ0v) is 43.5. The summed E-state index contributed by atoms with van der Waals surface area (Å²) in [6, 6.07) is 43.7. The van der Waals surface area contributed by atoms with Gasteiger partial charge in [0.2, 0.25) is 20.0 Å². The number of aryl methyl sites for hydroxylation is 3. The highest BCUT2D eigenvalue weighted by molar-refractivity contribution is 7.89. The molecule has 0 N–H and O–H groups in total. The van der Waals surface area contributed by atoms with Crippen LogP contribution < -0.4 is 0 Å². The van der Waals surface area contributed by atoms with Crippen molar-refractivity contribution in [3.05, 3.63) is 207 Å². The van der Waals surface area contributed by atoms with Crippen LogP contribution in [0.4, 0.5) is 5.69 Å². The zero-order valence-electron chi connectivity index (χ0n) is 41.9. The Bertz CT molecular complexity index is 2930. The van der Waals surface area contributed by atoms with Crippen LogP contribution in [0.5, 0.6) is 0 Å². The Kier molecular flexibility index (Phi) is 18.3. The molecule has 71 heavy (non-hydrogen) atoms. The fraction of sp³-hybridized carbons (Fsp3) is 0.293. The molecule has 1 aliphatic carbocycles. The fourth-order valence-electron chi connectivity index (χ4n) is 9.12. The van der Waals surface area contributed by atoms with E-state index in [1.54, 1.807) is 52.7 Å². The molecule has 6 aromatic rings. The van der Waals surface area contributed by atoms with Crippen LogP contribution >= 0.6 is 0 Å². The van der Waals surface area contributed by atoms with Crippen molar-refractivity contribution < 1.29 is 35.8 Å². The van der Waals surface area contributed by atoms with E-state index in [9.17, 15) is 16.8 Å². The lowest BCUT2D eigenvalue weighted by Gasteiger charge is -2.23. The van der Waals surface area contributed by atoms with E-state index in [0.29, 0.717) is 24.0 Å². The molecule has 0 unspecified atom stereocenters. The molecule has 0 spiro atoms. The third-order valence-corrected chi connectivity index (χ3v) is 16.7. The summed E-state index contributed by atoms with van der Waals surface area (Å²) in [7, 11) is -1.50. The van der Waals surface area contributed by atoms with E-state index in [2.05, 4.69) is 112 Å². The molecular weight excluding hydrogens is 931 g/mol. The molecule has 0 radical (unpaired) electrons. The van der Waals surface area contributed by atoms with Gasteiger partial charge in [0.25, 0.3) is 0 Å². The first kappa shape index (κ1) is 52.9. The fourth-order valence-corrected chi connectivity index (χ4v) is 12.4. The van der Waals surface area contributed by atoms with E-state index in [4.69, 9.17) is 23.9 Å². The van der Waals surface area contributed by atoms with Crippen molar-refractivity contribution >= 4 is 42.6 Å². The maximum Gasteiger partial charge on any atom is 0.243 e. The molecule has 0 fully saturated rings. The van der Waals surface area contributed by atoms with Gasteiger partial charge in [0, 0.05) is 60.2 Å². The first-order valence-electron chi connectivity index (χ1n) is 23.8. The van der Waals surface area contributed by atoms with Crippen LogP contribution in [0.2, 0.25) is 0 Å². The number of rotatable bonds is 23. The van der Waals surface area contributed by atoms with Gasteiger partial charge in [-0.1, -0.05) is 133 Å². The van der Waals surface area contributed by atoms with Crippen LogP contribution in [0.3, 0.4) is 0 Å². The summed E-state index contributed by atoms with van der Waals surface area (Å²) >= 11 is 0. The lowest BCUT2D eigenvalue weighted by atomic mass is 9.83. The summed E-state index contributed by atoms with van der Waals surface area (Å²) < 4.78 is 80.5. The molecule has 372 valence electrons. The van der Waals surface area contributed by atoms with Gasteiger partial charge in [-0.05, 0) is 113 Å². The number of methoxy groups -OCH3 is 4. The first-order valence-corrected chi connectivity index (χ1v) is 26.7. The number of allylic oxidation sites excluding steroid dienone is 3. The second kappa shape index (κ2) is 24.5. The second-order valence-electron chi connectivity index (χ2n) is 17.7. The summed E-state index contributed by atoms with van der Waals surface area (Å²) in [4.78, 5) is 5.77. The molecule has 0 saturated carbocycles. The summed E-state index contributed by atoms with van der Waals surface area (Å²) in [6.07, 6.45) is 5.04. The predicted molar refractivity (Wildman–Crippen MR) is 285 cm³/mol. The van der Waals surface area contributed by atoms with E-state index in [1.807, 2.05) is 30.3 Å². The van der Waals surface area contributed by atoms with Gasteiger partial charge in [0.05, 0.1) is 47.6 Å². The molecular formula is C58H65N3O8S2. The first-order chi connectivity index (χ1) is 34.3. The minimum atomic E-state index is -3.87. The highest BCUT2D eigenvalue weighted by atomic mass is 32.2. The van der Waals surface area contributed by atoms with Crippen molar-refractivity contribution in [1.29, 1.82) is 0 Å². The quantitative estimate of drug-likeness (QED) is 0.0622. The number of nitrogens with zero attached hydrogens (tertiary/aromatic N) is 3. The standard InChI is InChI=1S/C58H65N3O8S2/c1-42-38-43(2)58(44(3)39-42)59-54-29-28-53(51-16-10-11-17-52(51)54)57(47-24-20-45(21-25-47)40-49-14-8-12-18-55(49)70(62,63)60(30-34-66-4)31-35-67-5)48-26-22-46(23-27-48)41-50-15-9-13-19-56(50)71(64,65)61(32-36-68-6)33-37-69-7/h8-29,38-39H,30-37,40-41H2,1-7H3. The normalized spacial score (nSPS) is 13.4. The molecule has 13 heteroatoms. The van der Waals surface area contributed by atoms with Gasteiger partial charge < -0.3 is 18.9 Å². The van der Waals surface area contributed by atoms with Gasteiger partial charge in [-0.3, -0.25) is 0 Å². The lowest BCUT2D eigenvalue weighted by Crippen LogP contribution is -2.37. The Morgan fingerprint density at radius 2 is 0.887 bits per heavy atom. The minimum absolute atomic E-state index is 0.207. The lowest BCUT2D eigenvalue weighted by molar-refractivity contribution is 0.150. The number of aliphatic imine (C=N–C) groups is 1. The van der Waals surface area contributed by atoms with Gasteiger partial charge in [-0.15, -0.1) is 0 Å². The molecule has 0 amide bonds. The third kappa shape index (κ3) is 12.6. The van der Waals surface area contributed by atoms with Crippen LogP contribution in [0.15, 0.2) is 160 Å². The molecule has 0 saturated heterocycles. The Morgan fingerprint density at radius 1 is 0.493 bits per heavy atom. The van der Waals surface area contributed by atoms with Gasteiger partial charge in [-0.2, -0.15) is 8.61 Å². The van der Waals surface area contributed by atoms with E-state index in [-0.39, 0.29) is 62.4 Å². The van der Waals surface area contributed by atoms with E-state index >= 15 is 0 Å². The van der Waals surface area contributed by atoms with Crippen LogP contribution in [0, 0.1) is 20.8 Å². The largest absolute Gasteiger partial charge is 0.383 e. The molecule has 11 nitrogen and oxygen atoms in total. The maximum atomic E-state index is 14.1. The SMILES string of the molecule is COCCN(CCOC)S(=O)(=O)c1ccccc1Cc1ccc(C(=C2C=CC(=Nc3c(C)cc(C)cc3C)c3ccccc32)c2ccc(Cc3ccccc3S(=O)(=O)N(CCOC)CCOC)cc2)cc1. The molecule has 0 heterocycles. The molecule has 0 aromatic heterocycles.